The highest BCUT2D eigenvalue weighted by Crippen LogP contribution is 2.44. The van der Waals surface area contributed by atoms with Crippen molar-refractivity contribution in [3.63, 3.8) is 0 Å². The molecule has 3 aliphatic rings. The third-order valence-corrected chi connectivity index (χ3v) is 4.98. The first-order valence-electron chi connectivity index (χ1n) is 7.95. The number of carbonyl (C=O) groups is 3. The largest absolute Gasteiger partial charge is 0.797 e. The molecule has 2 aromatic carbocycles. The summed E-state index contributed by atoms with van der Waals surface area (Å²) in [5.74, 6) is -3.95. The topological polar surface area (TPSA) is 110 Å². The van der Waals surface area contributed by atoms with Crippen molar-refractivity contribution in [2.75, 3.05) is 13.2 Å². The Morgan fingerprint density at radius 1 is 0.962 bits per heavy atom. The van der Waals surface area contributed by atoms with Gasteiger partial charge in [0.15, 0.2) is 0 Å². The normalized spacial score (nSPS) is 22.9. The average molecular weight is 351 g/mol. The molecule has 3 aliphatic heterocycles. The van der Waals surface area contributed by atoms with Gasteiger partial charge in [-0.15, -0.1) is 0 Å². The van der Waals surface area contributed by atoms with E-state index < -0.39 is 23.6 Å². The Morgan fingerprint density at radius 2 is 1.58 bits per heavy atom. The Labute approximate surface area is 146 Å². The Kier molecular flexibility index (Phi) is 2.71. The number of benzene rings is 2. The van der Waals surface area contributed by atoms with Crippen molar-refractivity contribution in [1.82, 2.24) is 9.80 Å². The molecule has 0 saturated heterocycles. The number of β-amino-alcohol motifs (C(OH)–C–C–N with tert-alkyl or cyclic N) is 1. The minimum Gasteiger partial charge on any atom is -0.797 e. The second-order valence-corrected chi connectivity index (χ2v) is 6.22. The molecule has 8 nitrogen and oxygen atoms in total. The molecule has 0 radical (unpaired) electrons. The summed E-state index contributed by atoms with van der Waals surface area (Å²) in [6.07, 6.45) is 2.43. The second kappa shape index (κ2) is 4.69. The Bertz CT molecular complexity index is 1050. The molecule has 130 valence electrons. The molecule has 1 atom stereocenters. The average Bonchev–Trinajstić information content (AvgIpc) is 3.04. The highest BCUT2D eigenvalue weighted by atomic mass is 16.7. The maximum Gasteiger partial charge on any atom is 0.261 e. The van der Waals surface area contributed by atoms with Crippen LogP contribution in [0.15, 0.2) is 36.7 Å². The minimum atomic E-state index is -2.25. The monoisotopic (exact) mass is 351 g/mol. The summed E-state index contributed by atoms with van der Waals surface area (Å²) in [4.78, 5) is 40.0. The van der Waals surface area contributed by atoms with Crippen LogP contribution in [0.4, 0.5) is 0 Å². The van der Waals surface area contributed by atoms with Gasteiger partial charge in [-0.3, -0.25) is 24.2 Å². The SMILES string of the molecule is O=C1c2ccc3c4c(ccc(c24)C(=O)N1CCO)C1([O-])OC=CN1C3=O. The van der Waals surface area contributed by atoms with Crippen LogP contribution in [0.2, 0.25) is 0 Å². The lowest BCUT2D eigenvalue weighted by molar-refractivity contribution is -0.584. The van der Waals surface area contributed by atoms with Crippen molar-refractivity contribution in [2.45, 2.75) is 5.91 Å². The first kappa shape index (κ1) is 15.1. The summed E-state index contributed by atoms with van der Waals surface area (Å²) < 4.78 is 5.16. The van der Waals surface area contributed by atoms with E-state index >= 15 is 0 Å². The standard InChI is InChI=1S/C18H11N2O6/c21-7-5-19-15(22)9-1-2-11-14-12(4-3-10(13(9)14)16(19)23)18(25)20(17(11)24)6-8-26-18/h1-4,6,8,21H,5,7H2/q-1. The van der Waals surface area contributed by atoms with Crippen LogP contribution in [0.5, 0.6) is 0 Å². The Balaban J connectivity index is 1.88. The van der Waals surface area contributed by atoms with Crippen LogP contribution >= 0.6 is 0 Å². The fourth-order valence-electron chi connectivity index (χ4n) is 3.84. The Hall–Kier alpha value is -3.23. The van der Waals surface area contributed by atoms with Crippen molar-refractivity contribution in [1.29, 1.82) is 0 Å². The van der Waals surface area contributed by atoms with E-state index in [2.05, 4.69) is 0 Å². The summed E-state index contributed by atoms with van der Waals surface area (Å²) in [5, 5.41) is 22.9. The molecule has 5 rings (SSSR count). The molecule has 0 aliphatic carbocycles. The first-order chi connectivity index (χ1) is 12.5. The number of fused-ring (bicyclic) bond motifs is 2. The summed E-state index contributed by atoms with van der Waals surface area (Å²) >= 11 is 0. The van der Waals surface area contributed by atoms with Crippen LogP contribution in [0.1, 0.15) is 36.6 Å². The number of amides is 3. The zero-order valence-electron chi connectivity index (χ0n) is 13.3. The summed E-state index contributed by atoms with van der Waals surface area (Å²) in [6, 6.07) is 5.86. The van der Waals surface area contributed by atoms with E-state index in [-0.39, 0.29) is 46.2 Å². The number of imide groups is 1. The summed E-state index contributed by atoms with van der Waals surface area (Å²) in [7, 11) is 0. The molecule has 3 heterocycles. The predicted molar refractivity (Wildman–Crippen MR) is 84.5 cm³/mol. The number of hydrogen-bond donors (Lipinski definition) is 1. The maximum atomic E-state index is 13.2. The van der Waals surface area contributed by atoms with E-state index in [0.717, 1.165) is 16.1 Å². The van der Waals surface area contributed by atoms with Gasteiger partial charge in [0, 0.05) is 39.2 Å². The van der Waals surface area contributed by atoms with Gasteiger partial charge in [0.25, 0.3) is 17.7 Å². The van der Waals surface area contributed by atoms with Crippen molar-refractivity contribution >= 4 is 28.5 Å². The van der Waals surface area contributed by atoms with E-state index in [1.807, 2.05) is 0 Å². The lowest BCUT2D eigenvalue weighted by Crippen LogP contribution is -2.57. The van der Waals surface area contributed by atoms with Crippen molar-refractivity contribution in [2.24, 2.45) is 0 Å². The zero-order chi connectivity index (χ0) is 18.2. The molecule has 1 N–H and O–H groups in total. The highest BCUT2D eigenvalue weighted by molar-refractivity contribution is 6.28. The van der Waals surface area contributed by atoms with Crippen LogP contribution in [0.25, 0.3) is 10.8 Å². The van der Waals surface area contributed by atoms with Crippen molar-refractivity contribution < 1.29 is 29.3 Å². The maximum absolute atomic E-state index is 13.2. The van der Waals surface area contributed by atoms with E-state index in [1.165, 1.54) is 30.5 Å². The Morgan fingerprint density at radius 3 is 2.23 bits per heavy atom. The number of nitrogens with zero attached hydrogens (tertiary/aromatic N) is 2. The molecule has 3 amide bonds. The molecule has 1 unspecified atom stereocenters. The van der Waals surface area contributed by atoms with Gasteiger partial charge >= 0.3 is 0 Å². The fraction of sp³-hybridized carbons (Fsp3) is 0.167. The van der Waals surface area contributed by atoms with Crippen molar-refractivity contribution in [3.8, 4) is 0 Å². The molecule has 0 saturated carbocycles. The van der Waals surface area contributed by atoms with E-state index in [4.69, 9.17) is 9.84 Å². The van der Waals surface area contributed by atoms with Gasteiger partial charge in [0.05, 0.1) is 13.2 Å². The molecule has 0 bridgehead atoms. The number of ether oxygens (including phenoxy) is 1. The van der Waals surface area contributed by atoms with Gasteiger partial charge in [-0.25, -0.2) is 0 Å². The predicted octanol–water partition coefficient (Wildman–Crippen LogP) is -0.144. The third-order valence-electron chi connectivity index (χ3n) is 4.98. The highest BCUT2D eigenvalue weighted by Gasteiger charge is 2.44. The van der Waals surface area contributed by atoms with E-state index in [1.54, 1.807) is 0 Å². The second-order valence-electron chi connectivity index (χ2n) is 6.22. The zero-order valence-corrected chi connectivity index (χ0v) is 13.3. The molecular weight excluding hydrogens is 340 g/mol. The van der Waals surface area contributed by atoms with Gasteiger partial charge in [-0.1, -0.05) is 6.07 Å². The van der Waals surface area contributed by atoms with Gasteiger partial charge in [0.1, 0.15) is 12.2 Å². The van der Waals surface area contributed by atoms with E-state index in [9.17, 15) is 19.5 Å². The smallest absolute Gasteiger partial charge is 0.261 e. The van der Waals surface area contributed by atoms with E-state index in [0.29, 0.717) is 0 Å². The van der Waals surface area contributed by atoms with Gasteiger partial charge < -0.3 is 14.9 Å². The molecule has 2 aromatic rings. The van der Waals surface area contributed by atoms with Crippen molar-refractivity contribution in [3.05, 3.63) is 59.0 Å². The lowest BCUT2D eigenvalue weighted by atomic mass is 9.85. The number of carbonyl (C=O) groups excluding carboxylic acids is 3. The third kappa shape index (κ3) is 1.53. The van der Waals surface area contributed by atoms with Crippen LogP contribution in [-0.2, 0) is 10.6 Å². The molecule has 26 heavy (non-hydrogen) atoms. The molecule has 0 aromatic heterocycles. The minimum absolute atomic E-state index is 0.132. The number of rotatable bonds is 2. The molecule has 0 spiro atoms. The number of aliphatic hydroxyl groups is 1. The van der Waals surface area contributed by atoms with Crippen LogP contribution in [0.3, 0.4) is 0 Å². The van der Waals surface area contributed by atoms with Crippen LogP contribution < -0.4 is 5.11 Å². The van der Waals surface area contributed by atoms with Gasteiger partial charge in [0.2, 0.25) is 0 Å². The van der Waals surface area contributed by atoms with Gasteiger partial charge in [-0.05, 0) is 18.2 Å². The fourth-order valence-corrected chi connectivity index (χ4v) is 3.84. The quantitative estimate of drug-likeness (QED) is 0.754. The summed E-state index contributed by atoms with van der Waals surface area (Å²) in [5.41, 5.74) is 0.834. The first-order valence-corrected chi connectivity index (χ1v) is 7.95. The molecule has 8 heteroatoms. The van der Waals surface area contributed by atoms with Gasteiger partial charge in [-0.2, -0.15) is 0 Å². The number of hydrogen-bond acceptors (Lipinski definition) is 6. The van der Waals surface area contributed by atoms with Crippen LogP contribution in [0, 0.1) is 0 Å². The summed E-state index contributed by atoms with van der Waals surface area (Å²) in [6.45, 7) is -0.490. The number of aliphatic hydroxyl groups excluding tert-OH is 1. The van der Waals surface area contributed by atoms with Crippen LogP contribution in [-0.4, -0.2) is 45.8 Å². The lowest BCUT2D eigenvalue weighted by Gasteiger charge is -2.46. The molecule has 0 fully saturated rings. The molecular formula is C18H11N2O6-.